The van der Waals surface area contributed by atoms with Crippen LogP contribution in [-0.4, -0.2) is 71.3 Å². The molecular formula is C27H32Cl2N4O4. The van der Waals surface area contributed by atoms with Gasteiger partial charge in [-0.2, -0.15) is 0 Å². The highest BCUT2D eigenvalue weighted by molar-refractivity contribution is 6.35. The van der Waals surface area contributed by atoms with Gasteiger partial charge in [0.1, 0.15) is 12.3 Å². The lowest BCUT2D eigenvalue weighted by Gasteiger charge is -2.41. The Morgan fingerprint density at radius 1 is 1.08 bits per heavy atom. The smallest absolute Gasteiger partial charge is 0.215 e. The van der Waals surface area contributed by atoms with Gasteiger partial charge in [-0.1, -0.05) is 41.4 Å². The Morgan fingerprint density at radius 2 is 1.81 bits per heavy atom. The van der Waals surface area contributed by atoms with E-state index in [-0.39, 0.29) is 6.10 Å². The van der Waals surface area contributed by atoms with E-state index in [9.17, 15) is 5.11 Å². The first kappa shape index (κ1) is 26.4. The van der Waals surface area contributed by atoms with Gasteiger partial charge in [0.2, 0.25) is 5.79 Å². The number of aliphatic hydroxyl groups excluding tert-OH is 1. The van der Waals surface area contributed by atoms with Crippen LogP contribution in [0.3, 0.4) is 0 Å². The molecule has 37 heavy (non-hydrogen) atoms. The zero-order valence-corrected chi connectivity index (χ0v) is 22.3. The Hall–Kier alpha value is -2.17. The number of aromatic nitrogens is 2. The van der Waals surface area contributed by atoms with Gasteiger partial charge in [0.25, 0.3) is 0 Å². The number of anilines is 1. The summed E-state index contributed by atoms with van der Waals surface area (Å²) in [6.07, 6.45) is 4.69. The van der Waals surface area contributed by atoms with E-state index in [2.05, 4.69) is 39.0 Å². The number of rotatable bonds is 8. The Morgan fingerprint density at radius 3 is 2.43 bits per heavy atom. The number of halogens is 2. The van der Waals surface area contributed by atoms with Gasteiger partial charge in [-0.15, -0.1) is 0 Å². The van der Waals surface area contributed by atoms with Gasteiger partial charge in [-0.05, 0) is 36.8 Å². The zero-order chi connectivity index (χ0) is 25.8. The van der Waals surface area contributed by atoms with Crippen molar-refractivity contribution in [3.63, 3.8) is 0 Å². The first-order valence-corrected chi connectivity index (χ1v) is 13.2. The van der Waals surface area contributed by atoms with Crippen molar-refractivity contribution >= 4 is 28.9 Å². The predicted molar refractivity (Wildman–Crippen MR) is 143 cm³/mol. The van der Waals surface area contributed by atoms with Crippen LogP contribution in [0.5, 0.6) is 0 Å². The molecule has 0 amide bonds. The van der Waals surface area contributed by atoms with Crippen molar-refractivity contribution in [3.05, 3.63) is 82.4 Å². The van der Waals surface area contributed by atoms with Crippen LogP contribution in [0, 0.1) is 0 Å². The van der Waals surface area contributed by atoms with E-state index >= 15 is 0 Å². The summed E-state index contributed by atoms with van der Waals surface area (Å²) in [6, 6.07) is 13.8. The molecule has 2 aliphatic rings. The summed E-state index contributed by atoms with van der Waals surface area (Å²) in [5, 5.41) is 10.8. The Balaban J connectivity index is 1.17. The van der Waals surface area contributed by atoms with Crippen molar-refractivity contribution in [1.29, 1.82) is 0 Å². The molecule has 0 aliphatic carbocycles. The van der Waals surface area contributed by atoms with Crippen LogP contribution in [0.15, 0.2) is 61.2 Å². The van der Waals surface area contributed by atoms with E-state index in [4.69, 9.17) is 37.4 Å². The third kappa shape index (κ3) is 6.29. The van der Waals surface area contributed by atoms with Gasteiger partial charge >= 0.3 is 0 Å². The van der Waals surface area contributed by atoms with Crippen molar-refractivity contribution in [2.45, 2.75) is 38.2 Å². The monoisotopic (exact) mass is 546 g/mol. The first-order chi connectivity index (χ1) is 17.9. The van der Waals surface area contributed by atoms with Crippen LogP contribution in [0.1, 0.15) is 18.1 Å². The zero-order valence-electron chi connectivity index (χ0n) is 20.8. The minimum absolute atomic E-state index is 0.213. The van der Waals surface area contributed by atoms with Crippen molar-refractivity contribution in [3.8, 4) is 0 Å². The van der Waals surface area contributed by atoms with Crippen molar-refractivity contribution in [2.75, 3.05) is 44.3 Å². The molecule has 1 aromatic heterocycles. The number of ether oxygens (including phenoxy) is 3. The van der Waals surface area contributed by atoms with Crippen molar-refractivity contribution in [2.24, 2.45) is 0 Å². The van der Waals surface area contributed by atoms with Gasteiger partial charge in [-0.3, -0.25) is 4.90 Å². The number of hydrogen-bond acceptors (Lipinski definition) is 7. The van der Waals surface area contributed by atoms with Gasteiger partial charge in [0.05, 0.1) is 37.7 Å². The fraction of sp³-hybridized carbons (Fsp3) is 0.444. The van der Waals surface area contributed by atoms with E-state index in [1.165, 1.54) is 5.69 Å². The summed E-state index contributed by atoms with van der Waals surface area (Å²) in [4.78, 5) is 8.55. The van der Waals surface area contributed by atoms with Crippen LogP contribution in [0.2, 0.25) is 10.0 Å². The van der Waals surface area contributed by atoms with Crippen molar-refractivity contribution in [1.82, 2.24) is 14.5 Å². The van der Waals surface area contributed by atoms with E-state index in [0.717, 1.165) is 37.3 Å². The highest BCUT2D eigenvalue weighted by atomic mass is 35.5. The van der Waals surface area contributed by atoms with E-state index in [0.29, 0.717) is 36.4 Å². The summed E-state index contributed by atoms with van der Waals surface area (Å²) in [5.74, 6) is -1.07. The maximum atomic E-state index is 9.76. The van der Waals surface area contributed by atoms with Crippen LogP contribution in [0.4, 0.5) is 5.69 Å². The highest BCUT2D eigenvalue weighted by Crippen LogP contribution is 2.38. The molecule has 1 N–H and O–H groups in total. The minimum atomic E-state index is -1.07. The number of benzene rings is 2. The third-order valence-corrected chi connectivity index (χ3v) is 7.47. The number of aliphatic hydroxyl groups is 1. The van der Waals surface area contributed by atoms with Gasteiger partial charge in [-0.25, -0.2) is 4.98 Å². The molecule has 0 spiro atoms. The van der Waals surface area contributed by atoms with Gasteiger partial charge in [0.15, 0.2) is 0 Å². The Kier molecular flexibility index (Phi) is 8.36. The highest BCUT2D eigenvalue weighted by Gasteiger charge is 2.42. The number of hydrogen-bond donors (Lipinski definition) is 1. The minimum Gasteiger partial charge on any atom is -0.379 e. The molecule has 3 aromatic rings. The van der Waals surface area contributed by atoms with Gasteiger partial charge < -0.3 is 28.8 Å². The molecule has 5 rings (SSSR count). The largest absolute Gasteiger partial charge is 0.379 e. The standard InChI is InChI=1S/C27H32Cl2N4O4/c1-20(34)32-10-12-33(13-11-32)23-5-2-21(3-6-23)15-35-24-16-36-27(37-17-24,18-31-9-8-30-19-31)25-7-4-22(28)14-26(25)29/h2-9,14,19-20,24,34H,10-13,15-18H2,1H3. The molecule has 2 fully saturated rings. The molecule has 2 aromatic carbocycles. The molecule has 2 saturated heterocycles. The second kappa shape index (κ2) is 11.7. The van der Waals surface area contributed by atoms with Crippen LogP contribution < -0.4 is 4.90 Å². The fourth-order valence-corrected chi connectivity index (χ4v) is 5.32. The molecule has 0 saturated carbocycles. The predicted octanol–water partition coefficient (Wildman–Crippen LogP) is 4.14. The molecule has 3 heterocycles. The molecule has 1 unspecified atom stereocenters. The molecule has 0 radical (unpaired) electrons. The lowest BCUT2D eigenvalue weighted by Crippen LogP contribution is -2.49. The van der Waals surface area contributed by atoms with E-state index < -0.39 is 12.0 Å². The number of imidazole rings is 1. The fourth-order valence-electron chi connectivity index (χ4n) is 4.76. The van der Waals surface area contributed by atoms with E-state index in [1.54, 1.807) is 24.7 Å². The van der Waals surface area contributed by atoms with Crippen LogP contribution in [0.25, 0.3) is 0 Å². The van der Waals surface area contributed by atoms with Gasteiger partial charge in [0, 0.05) is 54.8 Å². The third-order valence-electron chi connectivity index (χ3n) is 6.93. The first-order valence-electron chi connectivity index (χ1n) is 12.5. The lowest BCUT2D eigenvalue weighted by molar-refractivity contribution is -0.313. The summed E-state index contributed by atoms with van der Waals surface area (Å²) < 4.78 is 20.7. The van der Waals surface area contributed by atoms with E-state index in [1.807, 2.05) is 23.8 Å². The normalized spacial score (nSPS) is 23.8. The summed E-state index contributed by atoms with van der Waals surface area (Å²) >= 11 is 12.7. The molecular weight excluding hydrogens is 515 g/mol. The average Bonchev–Trinajstić information content (AvgIpc) is 3.41. The Bertz CT molecular complexity index is 1140. The SMILES string of the molecule is CC(O)N1CCN(c2ccc(COC3COC(Cn4ccnc4)(c4ccc(Cl)cc4Cl)OC3)cc2)CC1. The quantitative estimate of drug-likeness (QED) is 0.455. The molecule has 2 aliphatic heterocycles. The molecule has 10 heteroatoms. The maximum Gasteiger partial charge on any atom is 0.215 e. The summed E-state index contributed by atoms with van der Waals surface area (Å²) in [7, 11) is 0. The maximum absolute atomic E-state index is 9.76. The average molecular weight is 547 g/mol. The topological polar surface area (TPSA) is 72.2 Å². The Labute approximate surface area is 227 Å². The van der Waals surface area contributed by atoms with Crippen molar-refractivity contribution < 1.29 is 19.3 Å². The number of nitrogens with zero attached hydrogens (tertiary/aromatic N) is 4. The lowest BCUT2D eigenvalue weighted by atomic mass is 10.0. The van der Waals surface area contributed by atoms with Crippen LogP contribution in [-0.2, 0) is 33.1 Å². The molecule has 8 nitrogen and oxygen atoms in total. The summed E-state index contributed by atoms with van der Waals surface area (Å²) in [5.41, 5.74) is 2.99. The second-order valence-electron chi connectivity index (χ2n) is 9.49. The number of piperazine rings is 1. The molecule has 0 bridgehead atoms. The second-order valence-corrected chi connectivity index (χ2v) is 10.3. The van der Waals surface area contributed by atoms with Crippen LogP contribution >= 0.6 is 23.2 Å². The molecule has 1 atom stereocenters. The summed E-state index contributed by atoms with van der Waals surface area (Å²) in [6.45, 7) is 6.91. The molecule has 198 valence electrons.